The van der Waals surface area contributed by atoms with E-state index in [0.29, 0.717) is 6.42 Å². The Labute approximate surface area is 124 Å². The first kappa shape index (κ1) is 12.8. The van der Waals surface area contributed by atoms with Crippen molar-refractivity contribution in [3.8, 4) is 11.9 Å². The topological polar surface area (TPSA) is 58.3 Å². The van der Waals surface area contributed by atoms with Crippen molar-refractivity contribution in [2.45, 2.75) is 12.5 Å². The van der Waals surface area contributed by atoms with Gasteiger partial charge in [-0.25, -0.2) is 0 Å². The van der Waals surface area contributed by atoms with E-state index in [1.54, 1.807) is 12.4 Å². The van der Waals surface area contributed by atoms with Gasteiger partial charge in [0.15, 0.2) is 0 Å². The van der Waals surface area contributed by atoms with E-state index in [4.69, 9.17) is 10.00 Å². The Morgan fingerprint density at radius 3 is 3.05 bits per heavy atom. The van der Waals surface area contributed by atoms with Crippen LogP contribution >= 0.6 is 15.9 Å². The standard InChI is InChI=1S/C15H10BrN3O/c16-11-3-4-14-12(6-11)13(19-9-17)7-15(20-14)10-2-1-5-18-8-10/h1-6,8,15H,7H2/b19-13+. The molecule has 0 saturated carbocycles. The second kappa shape index (κ2) is 5.43. The molecule has 3 rings (SSSR count). The minimum absolute atomic E-state index is 0.163. The molecule has 0 bridgehead atoms. The fourth-order valence-electron chi connectivity index (χ4n) is 2.23. The summed E-state index contributed by atoms with van der Waals surface area (Å²) in [6, 6.07) is 9.55. The lowest BCUT2D eigenvalue weighted by atomic mass is 9.96. The number of hydrogen-bond acceptors (Lipinski definition) is 4. The Bertz CT molecular complexity index is 707. The van der Waals surface area contributed by atoms with Crippen LogP contribution in [-0.2, 0) is 0 Å². The molecule has 4 nitrogen and oxygen atoms in total. The molecule has 5 heteroatoms. The zero-order chi connectivity index (χ0) is 13.9. The average Bonchev–Trinajstić information content (AvgIpc) is 2.49. The molecular weight excluding hydrogens is 318 g/mol. The van der Waals surface area contributed by atoms with E-state index in [1.807, 2.05) is 36.5 Å². The summed E-state index contributed by atoms with van der Waals surface area (Å²) in [5, 5.41) is 8.87. The SMILES string of the molecule is N#C/N=C1\CC(c2cccnc2)Oc2ccc(Br)cc21. The minimum atomic E-state index is -0.163. The average molecular weight is 328 g/mol. The summed E-state index contributed by atoms with van der Waals surface area (Å²) in [5.41, 5.74) is 2.58. The number of nitrogens with zero attached hydrogens (tertiary/aromatic N) is 3. The fourth-order valence-corrected chi connectivity index (χ4v) is 2.59. The predicted molar refractivity (Wildman–Crippen MR) is 78.5 cm³/mol. The second-order valence-corrected chi connectivity index (χ2v) is 5.31. The molecule has 1 atom stereocenters. The molecule has 98 valence electrons. The summed E-state index contributed by atoms with van der Waals surface area (Å²) in [6.07, 6.45) is 5.77. The summed E-state index contributed by atoms with van der Waals surface area (Å²) in [7, 11) is 0. The molecule has 1 aromatic heterocycles. The first-order valence-corrected chi connectivity index (χ1v) is 6.89. The highest BCUT2D eigenvalue weighted by Crippen LogP contribution is 2.36. The van der Waals surface area contributed by atoms with E-state index in [-0.39, 0.29) is 6.10 Å². The monoisotopic (exact) mass is 327 g/mol. The molecule has 0 fully saturated rings. The quantitative estimate of drug-likeness (QED) is 0.751. The van der Waals surface area contributed by atoms with Gasteiger partial charge in [-0.1, -0.05) is 22.0 Å². The van der Waals surface area contributed by atoms with E-state index in [2.05, 4.69) is 25.9 Å². The van der Waals surface area contributed by atoms with Crippen LogP contribution in [0.15, 0.2) is 52.2 Å². The van der Waals surface area contributed by atoms with E-state index >= 15 is 0 Å². The number of pyridine rings is 1. The molecule has 1 aliphatic heterocycles. The number of benzene rings is 1. The number of nitriles is 1. The molecule has 0 saturated heterocycles. The van der Waals surface area contributed by atoms with Gasteiger partial charge in [-0.15, -0.1) is 0 Å². The van der Waals surface area contributed by atoms with Crippen molar-refractivity contribution in [3.63, 3.8) is 0 Å². The van der Waals surface area contributed by atoms with Gasteiger partial charge in [0, 0.05) is 34.4 Å². The van der Waals surface area contributed by atoms with Gasteiger partial charge in [-0.05, 0) is 24.3 Å². The molecule has 0 N–H and O–H groups in total. The van der Waals surface area contributed by atoms with Crippen molar-refractivity contribution in [2.24, 2.45) is 4.99 Å². The third kappa shape index (κ3) is 2.43. The molecule has 2 aromatic rings. The molecule has 1 aliphatic rings. The van der Waals surface area contributed by atoms with Gasteiger partial charge in [0.05, 0.1) is 5.71 Å². The molecule has 0 radical (unpaired) electrons. The van der Waals surface area contributed by atoms with Gasteiger partial charge in [0.25, 0.3) is 0 Å². The van der Waals surface area contributed by atoms with Crippen LogP contribution in [0.25, 0.3) is 0 Å². The van der Waals surface area contributed by atoms with Gasteiger partial charge in [-0.3, -0.25) is 4.98 Å². The van der Waals surface area contributed by atoms with Crippen LogP contribution in [0.4, 0.5) is 0 Å². The van der Waals surface area contributed by atoms with Crippen LogP contribution in [-0.4, -0.2) is 10.7 Å². The Morgan fingerprint density at radius 1 is 1.40 bits per heavy atom. The number of ether oxygens (including phenoxy) is 1. The van der Waals surface area contributed by atoms with Crippen LogP contribution in [0, 0.1) is 11.5 Å². The second-order valence-electron chi connectivity index (χ2n) is 4.40. The predicted octanol–water partition coefficient (Wildman–Crippen LogP) is 3.64. The lowest BCUT2D eigenvalue weighted by Crippen LogP contribution is -2.21. The smallest absolute Gasteiger partial charge is 0.205 e. The summed E-state index contributed by atoms with van der Waals surface area (Å²) < 4.78 is 6.93. The first-order chi connectivity index (χ1) is 9.78. The Balaban J connectivity index is 2.04. The van der Waals surface area contributed by atoms with Crippen LogP contribution in [0.3, 0.4) is 0 Å². The largest absolute Gasteiger partial charge is 0.485 e. The van der Waals surface area contributed by atoms with Crippen molar-refractivity contribution in [2.75, 3.05) is 0 Å². The summed E-state index contributed by atoms with van der Waals surface area (Å²) >= 11 is 3.43. The lowest BCUT2D eigenvalue weighted by Gasteiger charge is -2.27. The van der Waals surface area contributed by atoms with Crippen molar-refractivity contribution < 1.29 is 4.74 Å². The van der Waals surface area contributed by atoms with E-state index in [1.165, 1.54) is 0 Å². The highest BCUT2D eigenvalue weighted by Gasteiger charge is 2.26. The maximum Gasteiger partial charge on any atom is 0.205 e. The number of hydrogen-bond donors (Lipinski definition) is 0. The number of halogens is 1. The number of aromatic nitrogens is 1. The molecule has 0 spiro atoms. The molecule has 20 heavy (non-hydrogen) atoms. The van der Waals surface area contributed by atoms with Gasteiger partial charge < -0.3 is 4.74 Å². The van der Waals surface area contributed by atoms with Gasteiger partial charge >= 0.3 is 0 Å². The van der Waals surface area contributed by atoms with Crippen LogP contribution in [0.5, 0.6) is 5.75 Å². The molecule has 1 unspecified atom stereocenters. The maximum atomic E-state index is 8.87. The highest BCUT2D eigenvalue weighted by atomic mass is 79.9. The highest BCUT2D eigenvalue weighted by molar-refractivity contribution is 9.10. The summed E-state index contributed by atoms with van der Waals surface area (Å²) in [4.78, 5) is 8.05. The number of aliphatic imine (C=N–C) groups is 1. The van der Waals surface area contributed by atoms with E-state index in [9.17, 15) is 0 Å². The Morgan fingerprint density at radius 2 is 2.30 bits per heavy atom. The summed E-state index contributed by atoms with van der Waals surface area (Å²) in [5.74, 6) is 0.738. The minimum Gasteiger partial charge on any atom is -0.485 e. The normalized spacial score (nSPS) is 19.0. The molecule has 2 heterocycles. The maximum absolute atomic E-state index is 8.87. The number of fused-ring (bicyclic) bond motifs is 1. The first-order valence-electron chi connectivity index (χ1n) is 6.10. The van der Waals surface area contributed by atoms with Crippen molar-refractivity contribution in [3.05, 3.63) is 58.3 Å². The Kier molecular flexibility index (Phi) is 3.48. The van der Waals surface area contributed by atoms with Crippen molar-refractivity contribution >= 4 is 21.6 Å². The van der Waals surface area contributed by atoms with E-state index in [0.717, 1.165) is 27.1 Å². The molecule has 0 aliphatic carbocycles. The van der Waals surface area contributed by atoms with Crippen LogP contribution in [0.1, 0.15) is 23.7 Å². The van der Waals surface area contributed by atoms with Crippen LogP contribution < -0.4 is 4.74 Å². The zero-order valence-corrected chi connectivity index (χ0v) is 12.0. The van der Waals surface area contributed by atoms with Gasteiger partial charge in [-0.2, -0.15) is 10.3 Å². The molecular formula is C15H10BrN3O. The zero-order valence-electron chi connectivity index (χ0n) is 10.5. The Hall–Kier alpha value is -2.19. The fraction of sp³-hybridized carbons (Fsp3) is 0.133. The molecule has 1 aromatic carbocycles. The van der Waals surface area contributed by atoms with Crippen molar-refractivity contribution in [1.29, 1.82) is 5.26 Å². The van der Waals surface area contributed by atoms with Gasteiger partial charge in [0.1, 0.15) is 11.9 Å². The van der Waals surface area contributed by atoms with E-state index < -0.39 is 0 Å². The molecule has 0 amide bonds. The van der Waals surface area contributed by atoms with Crippen molar-refractivity contribution in [1.82, 2.24) is 4.98 Å². The third-order valence-corrected chi connectivity index (χ3v) is 3.63. The van der Waals surface area contributed by atoms with Gasteiger partial charge in [0.2, 0.25) is 6.19 Å². The third-order valence-electron chi connectivity index (χ3n) is 3.14. The lowest BCUT2D eigenvalue weighted by molar-refractivity contribution is 0.206. The summed E-state index contributed by atoms with van der Waals surface area (Å²) in [6.45, 7) is 0. The number of rotatable bonds is 1. The van der Waals surface area contributed by atoms with Crippen LogP contribution in [0.2, 0.25) is 0 Å².